The smallest absolute Gasteiger partial charge is 0.254 e. The molecule has 1 aliphatic rings. The highest BCUT2D eigenvalue weighted by Crippen LogP contribution is 2.18. The van der Waals surface area contributed by atoms with Crippen LogP contribution in [-0.2, 0) is 0 Å². The summed E-state index contributed by atoms with van der Waals surface area (Å²) in [5.74, 6) is 0.708. The van der Waals surface area contributed by atoms with E-state index >= 15 is 0 Å². The van der Waals surface area contributed by atoms with E-state index in [1.54, 1.807) is 11.3 Å². The highest BCUT2D eigenvalue weighted by molar-refractivity contribution is 7.08. The molecule has 1 amide bonds. The minimum atomic E-state index is 0.179. The predicted octanol–water partition coefficient (Wildman–Crippen LogP) is 2.43. The molecule has 0 unspecified atom stereocenters. The van der Waals surface area contributed by atoms with Gasteiger partial charge in [-0.15, -0.1) is 0 Å². The highest BCUT2D eigenvalue weighted by Gasteiger charge is 2.21. The van der Waals surface area contributed by atoms with Gasteiger partial charge in [-0.1, -0.05) is 6.92 Å². The maximum Gasteiger partial charge on any atom is 0.254 e. The average molecular weight is 208 g/mol. The van der Waals surface area contributed by atoms with Crippen molar-refractivity contribution < 1.29 is 4.79 Å². The summed E-state index contributed by atoms with van der Waals surface area (Å²) in [6.45, 7) is 5.75. The van der Waals surface area contributed by atoms with Gasteiger partial charge in [0.1, 0.15) is 0 Å². The molecule has 1 aromatic rings. The van der Waals surface area contributed by atoms with Crippen molar-refractivity contribution in [3.05, 3.63) is 29.3 Å². The Balaban J connectivity index is 1.99. The lowest BCUT2D eigenvalue weighted by Gasteiger charge is -2.29. The Morgan fingerprint density at radius 2 is 2.21 bits per heavy atom. The van der Waals surface area contributed by atoms with Crippen LogP contribution < -0.4 is 0 Å². The van der Waals surface area contributed by atoms with Crippen molar-refractivity contribution in [2.45, 2.75) is 12.8 Å². The molecule has 75 valence electrons. The fourth-order valence-electron chi connectivity index (χ4n) is 1.70. The Bertz CT molecular complexity index is 299. The molecule has 1 radical (unpaired) electrons. The van der Waals surface area contributed by atoms with Crippen molar-refractivity contribution in [3.63, 3.8) is 0 Å². The van der Waals surface area contributed by atoms with Crippen LogP contribution in [0, 0.1) is 12.8 Å². The molecule has 3 heteroatoms. The van der Waals surface area contributed by atoms with Gasteiger partial charge in [-0.25, -0.2) is 0 Å². The van der Waals surface area contributed by atoms with E-state index in [1.807, 2.05) is 21.7 Å². The van der Waals surface area contributed by atoms with Gasteiger partial charge in [0.2, 0.25) is 0 Å². The van der Waals surface area contributed by atoms with Crippen LogP contribution in [0.1, 0.15) is 23.2 Å². The maximum absolute atomic E-state index is 11.9. The Morgan fingerprint density at radius 3 is 2.79 bits per heavy atom. The first-order chi connectivity index (χ1) is 6.77. The summed E-state index contributed by atoms with van der Waals surface area (Å²) in [5.41, 5.74) is 0.831. The highest BCUT2D eigenvalue weighted by atomic mass is 32.1. The molecule has 1 saturated heterocycles. The lowest BCUT2D eigenvalue weighted by Crippen LogP contribution is -2.37. The lowest BCUT2D eigenvalue weighted by molar-refractivity contribution is 0.0705. The van der Waals surface area contributed by atoms with Gasteiger partial charge in [-0.05, 0) is 30.2 Å². The first kappa shape index (κ1) is 9.71. The molecule has 1 aliphatic heterocycles. The first-order valence-electron chi connectivity index (χ1n) is 4.92. The minimum Gasteiger partial charge on any atom is -0.339 e. The van der Waals surface area contributed by atoms with Crippen molar-refractivity contribution >= 4 is 17.2 Å². The van der Waals surface area contributed by atoms with Gasteiger partial charge in [-0.2, -0.15) is 11.3 Å². The Morgan fingerprint density at radius 1 is 1.50 bits per heavy atom. The first-order valence-corrected chi connectivity index (χ1v) is 5.86. The Hall–Kier alpha value is -0.830. The summed E-state index contributed by atoms with van der Waals surface area (Å²) in [6.07, 6.45) is 2.08. The Labute approximate surface area is 88.5 Å². The summed E-state index contributed by atoms with van der Waals surface area (Å²) >= 11 is 1.57. The Kier molecular flexibility index (Phi) is 2.87. The topological polar surface area (TPSA) is 20.3 Å². The van der Waals surface area contributed by atoms with E-state index in [2.05, 4.69) is 6.92 Å². The predicted molar refractivity (Wildman–Crippen MR) is 58.3 cm³/mol. The number of hydrogen-bond donors (Lipinski definition) is 0. The summed E-state index contributed by atoms with van der Waals surface area (Å²) in [6, 6.07) is 1.89. The van der Waals surface area contributed by atoms with Gasteiger partial charge >= 0.3 is 0 Å². The summed E-state index contributed by atoms with van der Waals surface area (Å²) in [7, 11) is 0. The number of nitrogens with zero attached hydrogens (tertiary/aromatic N) is 1. The monoisotopic (exact) mass is 208 g/mol. The number of piperidine rings is 1. The normalized spacial score (nSPS) is 18.5. The molecule has 1 fully saturated rings. The minimum absolute atomic E-state index is 0.179. The van der Waals surface area contributed by atoms with Crippen LogP contribution in [0.15, 0.2) is 16.8 Å². The van der Waals surface area contributed by atoms with Gasteiger partial charge < -0.3 is 4.90 Å². The van der Waals surface area contributed by atoms with E-state index < -0.39 is 0 Å². The SMILES string of the molecule is [CH2]C1CCN(C(=O)c2ccsc2)CC1. The van der Waals surface area contributed by atoms with Gasteiger partial charge in [0, 0.05) is 18.5 Å². The number of rotatable bonds is 1. The second-order valence-electron chi connectivity index (χ2n) is 3.75. The quantitative estimate of drug-likeness (QED) is 0.694. The average Bonchev–Trinajstić information content (AvgIpc) is 2.71. The standard InChI is InChI=1S/C11H14NOS/c1-9-2-5-12(6-3-9)11(13)10-4-7-14-8-10/h4,7-9H,1-3,5-6H2. The molecule has 2 nitrogen and oxygen atoms in total. The van der Waals surface area contributed by atoms with Crippen LogP contribution in [0.25, 0.3) is 0 Å². The molecular weight excluding hydrogens is 194 g/mol. The third-order valence-corrected chi connectivity index (χ3v) is 3.35. The van der Waals surface area contributed by atoms with E-state index in [4.69, 9.17) is 0 Å². The molecule has 0 aliphatic carbocycles. The molecule has 2 heterocycles. The molecule has 0 aromatic carbocycles. The zero-order chi connectivity index (χ0) is 9.97. The number of hydrogen-bond acceptors (Lipinski definition) is 2. The summed E-state index contributed by atoms with van der Waals surface area (Å²) in [5, 5.41) is 3.86. The largest absolute Gasteiger partial charge is 0.339 e. The molecular formula is C11H14NOS. The third kappa shape index (κ3) is 1.98. The third-order valence-electron chi connectivity index (χ3n) is 2.67. The van der Waals surface area contributed by atoms with Gasteiger partial charge in [0.25, 0.3) is 5.91 Å². The zero-order valence-electron chi connectivity index (χ0n) is 8.11. The van der Waals surface area contributed by atoms with Crippen LogP contribution in [0.3, 0.4) is 0 Å². The number of thiophene rings is 1. The number of likely N-dealkylation sites (tertiary alicyclic amines) is 1. The second kappa shape index (κ2) is 4.13. The van der Waals surface area contributed by atoms with Gasteiger partial charge in [0.15, 0.2) is 0 Å². The number of carbonyl (C=O) groups is 1. The van der Waals surface area contributed by atoms with Crippen LogP contribution in [0.4, 0.5) is 0 Å². The lowest BCUT2D eigenvalue weighted by atomic mass is 9.99. The molecule has 14 heavy (non-hydrogen) atoms. The van der Waals surface area contributed by atoms with E-state index in [1.165, 1.54) is 0 Å². The molecule has 2 rings (SSSR count). The van der Waals surface area contributed by atoms with E-state index in [0.717, 1.165) is 31.5 Å². The number of carbonyl (C=O) groups excluding carboxylic acids is 1. The van der Waals surface area contributed by atoms with Crippen molar-refractivity contribution in [3.8, 4) is 0 Å². The molecule has 1 aromatic heterocycles. The maximum atomic E-state index is 11.9. The zero-order valence-corrected chi connectivity index (χ0v) is 8.93. The summed E-state index contributed by atoms with van der Waals surface area (Å²) in [4.78, 5) is 13.8. The molecule has 0 atom stereocenters. The van der Waals surface area contributed by atoms with E-state index in [0.29, 0.717) is 5.92 Å². The summed E-state index contributed by atoms with van der Waals surface area (Å²) < 4.78 is 0. The van der Waals surface area contributed by atoms with Crippen molar-refractivity contribution in [1.82, 2.24) is 4.90 Å². The molecule has 0 N–H and O–H groups in total. The molecule has 0 bridgehead atoms. The van der Waals surface area contributed by atoms with Crippen LogP contribution in [0.5, 0.6) is 0 Å². The van der Waals surface area contributed by atoms with Crippen LogP contribution in [0.2, 0.25) is 0 Å². The van der Waals surface area contributed by atoms with Crippen molar-refractivity contribution in [1.29, 1.82) is 0 Å². The van der Waals surface area contributed by atoms with Crippen molar-refractivity contribution in [2.75, 3.05) is 13.1 Å². The van der Waals surface area contributed by atoms with Crippen molar-refractivity contribution in [2.24, 2.45) is 5.92 Å². The van der Waals surface area contributed by atoms with E-state index in [9.17, 15) is 4.79 Å². The van der Waals surface area contributed by atoms with Crippen LogP contribution >= 0.6 is 11.3 Å². The number of amides is 1. The molecule has 0 saturated carbocycles. The fourth-order valence-corrected chi connectivity index (χ4v) is 2.33. The van der Waals surface area contributed by atoms with Gasteiger partial charge in [0.05, 0.1) is 5.56 Å². The fraction of sp³-hybridized carbons (Fsp3) is 0.455. The van der Waals surface area contributed by atoms with Crippen LogP contribution in [-0.4, -0.2) is 23.9 Å². The van der Waals surface area contributed by atoms with Gasteiger partial charge in [-0.3, -0.25) is 4.79 Å². The van der Waals surface area contributed by atoms with E-state index in [-0.39, 0.29) is 5.91 Å². The molecule has 0 spiro atoms. The second-order valence-corrected chi connectivity index (χ2v) is 4.53.